The first-order chi connectivity index (χ1) is 12.4. The number of aromatic nitrogens is 4. The molecule has 0 atom stereocenters. The van der Waals surface area contributed by atoms with Gasteiger partial charge >= 0.3 is 6.18 Å². The van der Waals surface area contributed by atoms with Crippen molar-refractivity contribution in [2.75, 3.05) is 23.7 Å². The maximum atomic E-state index is 12.9. The van der Waals surface area contributed by atoms with Crippen molar-refractivity contribution in [3.05, 3.63) is 46.6 Å². The quantitative estimate of drug-likeness (QED) is 0.544. The van der Waals surface area contributed by atoms with Crippen molar-refractivity contribution in [2.24, 2.45) is 5.73 Å². The molecule has 0 fully saturated rings. The Morgan fingerprint density at radius 3 is 2.73 bits per heavy atom. The molecule has 11 heteroatoms. The molecule has 0 aliphatic rings. The Labute approximate surface area is 144 Å². The Hall–Kier alpha value is -3.21. The summed E-state index contributed by atoms with van der Waals surface area (Å²) in [6.45, 7) is 0.767. The van der Waals surface area contributed by atoms with E-state index in [9.17, 15) is 18.0 Å². The number of aromatic amines is 1. The van der Waals surface area contributed by atoms with Gasteiger partial charge in [-0.05, 0) is 12.1 Å². The normalized spacial score (nSPS) is 11.5. The summed E-state index contributed by atoms with van der Waals surface area (Å²) >= 11 is 0. The van der Waals surface area contributed by atoms with Crippen LogP contribution in [0.15, 0.2) is 35.5 Å². The second-order valence-electron chi connectivity index (χ2n) is 5.25. The van der Waals surface area contributed by atoms with Crippen LogP contribution in [0.4, 0.5) is 30.6 Å². The number of alkyl halides is 3. The molecule has 0 spiro atoms. The zero-order valence-corrected chi connectivity index (χ0v) is 13.3. The van der Waals surface area contributed by atoms with Crippen LogP contribution in [0.2, 0.25) is 0 Å². The van der Waals surface area contributed by atoms with Crippen molar-refractivity contribution in [3.63, 3.8) is 0 Å². The highest BCUT2D eigenvalue weighted by Crippen LogP contribution is 2.31. The Morgan fingerprint density at radius 2 is 2.00 bits per heavy atom. The Morgan fingerprint density at radius 1 is 1.19 bits per heavy atom. The number of hydrogen-bond acceptors (Lipinski definition) is 7. The lowest BCUT2D eigenvalue weighted by Crippen LogP contribution is -2.16. The molecule has 0 aliphatic carbocycles. The summed E-state index contributed by atoms with van der Waals surface area (Å²) in [7, 11) is 0. The molecule has 3 aromatic rings. The third kappa shape index (κ3) is 3.72. The minimum Gasteiger partial charge on any atom is -0.369 e. The van der Waals surface area contributed by atoms with Gasteiger partial charge in [0.15, 0.2) is 0 Å². The largest absolute Gasteiger partial charge is 0.416 e. The van der Waals surface area contributed by atoms with Crippen molar-refractivity contribution in [1.82, 2.24) is 19.9 Å². The first-order valence-electron chi connectivity index (χ1n) is 7.51. The molecule has 0 unspecified atom stereocenters. The number of rotatable bonds is 5. The monoisotopic (exact) mass is 365 g/mol. The van der Waals surface area contributed by atoms with E-state index in [1.165, 1.54) is 6.33 Å². The zero-order valence-electron chi connectivity index (χ0n) is 13.3. The SMILES string of the molecule is NCCNc1cc2nc[nH]c(=O)c2c(Nc2cc(C(F)(F)F)ccn2)n1. The topological polar surface area (TPSA) is 122 Å². The van der Waals surface area contributed by atoms with Crippen LogP contribution in [0.1, 0.15) is 5.56 Å². The molecule has 3 heterocycles. The van der Waals surface area contributed by atoms with Gasteiger partial charge in [-0.25, -0.2) is 15.0 Å². The molecular formula is C15H14F3N7O. The van der Waals surface area contributed by atoms with E-state index in [4.69, 9.17) is 5.73 Å². The molecule has 0 bridgehead atoms. The van der Waals surface area contributed by atoms with E-state index in [0.29, 0.717) is 24.4 Å². The fourth-order valence-corrected chi connectivity index (χ4v) is 2.27. The molecule has 3 aromatic heterocycles. The fraction of sp³-hybridized carbons (Fsp3) is 0.200. The van der Waals surface area contributed by atoms with E-state index in [2.05, 4.69) is 30.6 Å². The zero-order chi connectivity index (χ0) is 18.7. The van der Waals surface area contributed by atoms with Crippen molar-refractivity contribution < 1.29 is 13.2 Å². The molecule has 0 aromatic carbocycles. The minimum absolute atomic E-state index is 0.0307. The van der Waals surface area contributed by atoms with E-state index < -0.39 is 17.3 Å². The third-order valence-electron chi connectivity index (χ3n) is 3.41. The number of nitrogens with two attached hydrogens (primary N) is 1. The second-order valence-corrected chi connectivity index (χ2v) is 5.25. The van der Waals surface area contributed by atoms with Crippen LogP contribution < -0.4 is 21.9 Å². The fourth-order valence-electron chi connectivity index (χ4n) is 2.27. The van der Waals surface area contributed by atoms with Gasteiger partial charge < -0.3 is 21.4 Å². The van der Waals surface area contributed by atoms with Crippen LogP contribution in [0, 0.1) is 0 Å². The van der Waals surface area contributed by atoms with Crippen molar-refractivity contribution in [3.8, 4) is 0 Å². The highest BCUT2D eigenvalue weighted by Gasteiger charge is 2.30. The first-order valence-corrected chi connectivity index (χ1v) is 7.51. The minimum atomic E-state index is -4.52. The van der Waals surface area contributed by atoms with Gasteiger partial charge in [0.05, 0.1) is 17.4 Å². The second kappa shape index (κ2) is 6.96. The summed E-state index contributed by atoms with van der Waals surface area (Å²) in [5.74, 6) is 0.298. The summed E-state index contributed by atoms with van der Waals surface area (Å²) in [6, 6.07) is 3.23. The van der Waals surface area contributed by atoms with Crippen LogP contribution in [0.25, 0.3) is 10.9 Å². The number of nitrogens with one attached hydrogen (secondary N) is 3. The van der Waals surface area contributed by atoms with Crippen LogP contribution in [-0.2, 0) is 6.18 Å². The van der Waals surface area contributed by atoms with Crippen LogP contribution >= 0.6 is 0 Å². The lowest BCUT2D eigenvalue weighted by atomic mass is 10.2. The number of anilines is 3. The molecule has 0 aliphatic heterocycles. The summed E-state index contributed by atoms with van der Waals surface area (Å²) in [4.78, 5) is 26.7. The van der Waals surface area contributed by atoms with Crippen LogP contribution in [-0.4, -0.2) is 33.0 Å². The summed E-state index contributed by atoms with van der Waals surface area (Å²) < 4.78 is 38.6. The number of H-pyrrole nitrogens is 1. The summed E-state index contributed by atoms with van der Waals surface area (Å²) in [5, 5.41) is 5.70. The van der Waals surface area contributed by atoms with Gasteiger partial charge in [0.1, 0.15) is 22.8 Å². The summed E-state index contributed by atoms with van der Waals surface area (Å²) in [5.41, 5.74) is 4.40. The van der Waals surface area contributed by atoms with Gasteiger partial charge in [0.2, 0.25) is 0 Å². The van der Waals surface area contributed by atoms with Gasteiger partial charge in [0, 0.05) is 25.4 Å². The van der Waals surface area contributed by atoms with E-state index in [1.807, 2.05) is 0 Å². The maximum absolute atomic E-state index is 12.9. The lowest BCUT2D eigenvalue weighted by Gasteiger charge is -2.12. The molecule has 26 heavy (non-hydrogen) atoms. The predicted molar refractivity (Wildman–Crippen MR) is 90.2 cm³/mol. The Kier molecular flexibility index (Phi) is 4.71. The standard InChI is InChI=1S/C15H14F3N7O/c16-15(17,18)8-1-3-20-10(5-8)24-13-12-9(22-7-23-14(12)26)6-11(25-13)21-4-2-19/h1,3,5-7H,2,4,19H2,(H,22,23,26)(H2,20,21,24,25). The molecular weight excluding hydrogens is 351 g/mol. The third-order valence-corrected chi connectivity index (χ3v) is 3.41. The van der Waals surface area contributed by atoms with Gasteiger partial charge in [-0.1, -0.05) is 0 Å². The molecule has 136 valence electrons. The molecule has 0 saturated carbocycles. The van der Waals surface area contributed by atoms with E-state index >= 15 is 0 Å². The lowest BCUT2D eigenvalue weighted by molar-refractivity contribution is -0.137. The van der Waals surface area contributed by atoms with Gasteiger partial charge in [0.25, 0.3) is 5.56 Å². The van der Waals surface area contributed by atoms with Crippen LogP contribution in [0.3, 0.4) is 0 Å². The predicted octanol–water partition coefficient (Wildman–Crippen LogP) is 1.85. The van der Waals surface area contributed by atoms with E-state index in [0.717, 1.165) is 18.3 Å². The molecule has 3 rings (SSSR count). The van der Waals surface area contributed by atoms with E-state index in [1.54, 1.807) is 6.07 Å². The highest BCUT2D eigenvalue weighted by atomic mass is 19.4. The average molecular weight is 365 g/mol. The molecule has 0 saturated heterocycles. The number of nitrogens with zero attached hydrogens (tertiary/aromatic N) is 3. The number of halogens is 3. The highest BCUT2D eigenvalue weighted by molar-refractivity contribution is 5.91. The number of fused-ring (bicyclic) bond motifs is 1. The molecule has 8 nitrogen and oxygen atoms in total. The van der Waals surface area contributed by atoms with Crippen LogP contribution in [0.5, 0.6) is 0 Å². The Bertz CT molecular complexity index is 987. The number of hydrogen-bond donors (Lipinski definition) is 4. The molecule has 0 radical (unpaired) electrons. The van der Waals surface area contributed by atoms with Crippen molar-refractivity contribution in [2.45, 2.75) is 6.18 Å². The Balaban J connectivity index is 2.07. The van der Waals surface area contributed by atoms with Crippen molar-refractivity contribution in [1.29, 1.82) is 0 Å². The molecule has 0 amide bonds. The van der Waals surface area contributed by atoms with E-state index in [-0.39, 0.29) is 17.0 Å². The smallest absolute Gasteiger partial charge is 0.369 e. The average Bonchev–Trinajstić information content (AvgIpc) is 2.59. The van der Waals surface area contributed by atoms with Gasteiger partial charge in [-0.3, -0.25) is 4.79 Å². The van der Waals surface area contributed by atoms with Crippen molar-refractivity contribution >= 4 is 28.4 Å². The molecule has 5 N–H and O–H groups in total. The summed E-state index contributed by atoms with van der Waals surface area (Å²) in [6.07, 6.45) is -2.27. The van der Waals surface area contributed by atoms with Gasteiger partial charge in [-0.15, -0.1) is 0 Å². The number of pyridine rings is 2. The first kappa shape index (κ1) is 17.6. The maximum Gasteiger partial charge on any atom is 0.416 e. The van der Waals surface area contributed by atoms with Gasteiger partial charge in [-0.2, -0.15) is 13.2 Å².